The predicted molar refractivity (Wildman–Crippen MR) is 77.9 cm³/mol. The Morgan fingerprint density at radius 1 is 0.950 bits per heavy atom. The highest BCUT2D eigenvalue weighted by Gasteiger charge is 2.22. The summed E-state index contributed by atoms with van der Waals surface area (Å²) >= 11 is 5.92. The number of aromatic nitrogens is 4. The number of rotatable bonds is 2. The first kappa shape index (κ1) is 12.9. The molecule has 0 aliphatic carbocycles. The fourth-order valence-corrected chi connectivity index (χ4v) is 2.32. The van der Waals surface area contributed by atoms with Crippen molar-refractivity contribution in [2.75, 3.05) is 41.7 Å². The lowest BCUT2D eigenvalue weighted by Crippen LogP contribution is -2.47. The Balaban J connectivity index is 1.71. The van der Waals surface area contributed by atoms with Crippen molar-refractivity contribution in [3.05, 3.63) is 29.9 Å². The molecule has 3 rings (SSSR count). The summed E-state index contributed by atoms with van der Waals surface area (Å²) in [5, 5.41) is 0.295. The number of hydrogen-bond acceptors (Lipinski definition) is 7. The van der Waals surface area contributed by atoms with Gasteiger partial charge in [-0.2, -0.15) is 0 Å². The van der Waals surface area contributed by atoms with Crippen LogP contribution in [0.4, 0.5) is 17.5 Å². The lowest BCUT2D eigenvalue weighted by atomic mass is 10.3. The summed E-state index contributed by atoms with van der Waals surface area (Å²) in [4.78, 5) is 20.8. The third kappa shape index (κ3) is 2.44. The topological polar surface area (TPSA) is 84.1 Å². The van der Waals surface area contributed by atoms with Gasteiger partial charge in [-0.15, -0.1) is 0 Å². The van der Waals surface area contributed by atoms with Crippen molar-refractivity contribution in [2.45, 2.75) is 0 Å². The van der Waals surface area contributed by atoms with Crippen molar-refractivity contribution in [1.29, 1.82) is 0 Å². The first-order chi connectivity index (χ1) is 9.75. The van der Waals surface area contributed by atoms with E-state index >= 15 is 0 Å². The maximum Gasteiger partial charge on any atom is 0.225 e. The standard InChI is InChI=1S/C12H14ClN7/c13-10-9(14)11(18-8-17-10)19-4-6-20(7-5-19)12-15-2-1-3-16-12/h1-3,8H,4-7,14H2. The van der Waals surface area contributed by atoms with Gasteiger partial charge in [0, 0.05) is 38.6 Å². The summed E-state index contributed by atoms with van der Waals surface area (Å²) in [6.07, 6.45) is 4.93. The second kappa shape index (κ2) is 5.46. The molecule has 0 amide bonds. The quantitative estimate of drug-likeness (QED) is 0.820. The molecule has 0 atom stereocenters. The second-order valence-corrected chi connectivity index (χ2v) is 4.78. The average molecular weight is 292 g/mol. The molecule has 1 saturated heterocycles. The van der Waals surface area contributed by atoms with E-state index in [-0.39, 0.29) is 0 Å². The van der Waals surface area contributed by atoms with Crippen molar-refractivity contribution < 1.29 is 0 Å². The molecular formula is C12H14ClN7. The van der Waals surface area contributed by atoms with Gasteiger partial charge in [0.15, 0.2) is 11.0 Å². The zero-order valence-corrected chi connectivity index (χ0v) is 11.5. The summed E-state index contributed by atoms with van der Waals surface area (Å²) in [6, 6.07) is 1.81. The number of halogens is 1. The second-order valence-electron chi connectivity index (χ2n) is 4.42. The highest BCUT2D eigenvalue weighted by Crippen LogP contribution is 2.26. The third-order valence-corrected chi connectivity index (χ3v) is 3.53. The van der Waals surface area contributed by atoms with E-state index in [1.54, 1.807) is 12.4 Å². The number of hydrogen-bond donors (Lipinski definition) is 1. The molecule has 0 aromatic carbocycles. The summed E-state index contributed by atoms with van der Waals surface area (Å²) in [5.74, 6) is 1.44. The molecule has 0 bridgehead atoms. The van der Waals surface area contributed by atoms with E-state index in [2.05, 4.69) is 29.7 Å². The molecule has 1 aliphatic rings. The van der Waals surface area contributed by atoms with Crippen molar-refractivity contribution in [3.8, 4) is 0 Å². The van der Waals surface area contributed by atoms with Gasteiger partial charge in [-0.1, -0.05) is 11.6 Å². The molecule has 0 spiro atoms. The lowest BCUT2D eigenvalue weighted by molar-refractivity contribution is 0.634. The van der Waals surface area contributed by atoms with Gasteiger partial charge < -0.3 is 15.5 Å². The SMILES string of the molecule is Nc1c(Cl)ncnc1N1CCN(c2ncccn2)CC1. The molecule has 104 valence electrons. The minimum atomic E-state index is 0.295. The average Bonchev–Trinajstić information content (AvgIpc) is 2.51. The summed E-state index contributed by atoms with van der Waals surface area (Å²) in [6.45, 7) is 3.20. The largest absolute Gasteiger partial charge is 0.393 e. The minimum absolute atomic E-state index is 0.295. The molecule has 3 heterocycles. The van der Waals surface area contributed by atoms with E-state index in [1.165, 1.54) is 6.33 Å². The van der Waals surface area contributed by atoms with Crippen LogP contribution in [0.3, 0.4) is 0 Å². The van der Waals surface area contributed by atoms with Crippen molar-refractivity contribution in [3.63, 3.8) is 0 Å². The first-order valence-electron chi connectivity index (χ1n) is 6.28. The molecule has 8 heteroatoms. The third-order valence-electron chi connectivity index (χ3n) is 3.23. The van der Waals surface area contributed by atoms with Gasteiger partial charge in [0.25, 0.3) is 0 Å². The van der Waals surface area contributed by atoms with Gasteiger partial charge in [0.2, 0.25) is 5.95 Å². The highest BCUT2D eigenvalue weighted by atomic mass is 35.5. The van der Waals surface area contributed by atoms with Crippen LogP contribution in [0, 0.1) is 0 Å². The van der Waals surface area contributed by atoms with Crippen LogP contribution in [0.2, 0.25) is 5.15 Å². The Kier molecular flexibility index (Phi) is 3.51. The van der Waals surface area contributed by atoms with Crippen molar-refractivity contribution in [1.82, 2.24) is 19.9 Å². The van der Waals surface area contributed by atoms with E-state index < -0.39 is 0 Å². The molecule has 1 aliphatic heterocycles. The van der Waals surface area contributed by atoms with E-state index in [4.69, 9.17) is 17.3 Å². The summed E-state index contributed by atoms with van der Waals surface area (Å²) in [5.41, 5.74) is 6.35. The molecule has 2 aromatic rings. The van der Waals surface area contributed by atoms with Crippen LogP contribution in [0.25, 0.3) is 0 Å². The molecule has 2 N–H and O–H groups in total. The van der Waals surface area contributed by atoms with Gasteiger partial charge in [-0.25, -0.2) is 19.9 Å². The normalized spacial score (nSPS) is 15.4. The maximum atomic E-state index is 5.92. The first-order valence-corrected chi connectivity index (χ1v) is 6.66. The zero-order chi connectivity index (χ0) is 13.9. The zero-order valence-electron chi connectivity index (χ0n) is 10.8. The molecule has 20 heavy (non-hydrogen) atoms. The Labute approximate surface area is 121 Å². The van der Waals surface area contributed by atoms with Gasteiger partial charge >= 0.3 is 0 Å². The summed E-state index contributed by atoms with van der Waals surface area (Å²) < 4.78 is 0. The minimum Gasteiger partial charge on any atom is -0.393 e. The van der Waals surface area contributed by atoms with E-state index in [0.29, 0.717) is 16.7 Å². The van der Waals surface area contributed by atoms with Gasteiger partial charge in [-0.05, 0) is 6.07 Å². The Morgan fingerprint density at radius 2 is 1.60 bits per heavy atom. The highest BCUT2D eigenvalue weighted by molar-refractivity contribution is 6.32. The summed E-state index contributed by atoms with van der Waals surface area (Å²) in [7, 11) is 0. The van der Waals surface area contributed by atoms with Crippen LogP contribution in [0.15, 0.2) is 24.8 Å². The lowest BCUT2D eigenvalue weighted by Gasteiger charge is -2.35. The molecular weight excluding hydrogens is 278 g/mol. The molecule has 0 saturated carbocycles. The van der Waals surface area contributed by atoms with E-state index in [0.717, 1.165) is 32.1 Å². The Morgan fingerprint density at radius 3 is 2.30 bits per heavy atom. The van der Waals surface area contributed by atoms with Crippen LogP contribution in [-0.2, 0) is 0 Å². The Hall–Kier alpha value is -2.15. The van der Waals surface area contributed by atoms with Crippen LogP contribution >= 0.6 is 11.6 Å². The monoisotopic (exact) mass is 291 g/mol. The molecule has 7 nitrogen and oxygen atoms in total. The Bertz CT molecular complexity index is 584. The molecule has 0 radical (unpaired) electrons. The van der Waals surface area contributed by atoms with Crippen LogP contribution < -0.4 is 15.5 Å². The number of nitrogens with two attached hydrogens (primary N) is 1. The fraction of sp³-hybridized carbons (Fsp3) is 0.333. The molecule has 0 unspecified atom stereocenters. The molecule has 2 aromatic heterocycles. The van der Waals surface area contributed by atoms with Crippen molar-refractivity contribution >= 4 is 29.1 Å². The number of anilines is 3. The maximum absolute atomic E-state index is 5.92. The van der Waals surface area contributed by atoms with Crippen LogP contribution in [-0.4, -0.2) is 46.1 Å². The van der Waals surface area contributed by atoms with Gasteiger partial charge in [0.1, 0.15) is 12.0 Å². The van der Waals surface area contributed by atoms with E-state index in [9.17, 15) is 0 Å². The number of nitrogens with zero attached hydrogens (tertiary/aromatic N) is 6. The smallest absolute Gasteiger partial charge is 0.225 e. The van der Waals surface area contributed by atoms with Gasteiger partial charge in [0.05, 0.1) is 0 Å². The fourth-order valence-electron chi connectivity index (χ4n) is 2.19. The predicted octanol–water partition coefficient (Wildman–Crippen LogP) is 0.829. The molecule has 1 fully saturated rings. The van der Waals surface area contributed by atoms with Crippen LogP contribution in [0.5, 0.6) is 0 Å². The van der Waals surface area contributed by atoms with E-state index in [1.807, 2.05) is 6.07 Å². The van der Waals surface area contributed by atoms with Crippen LogP contribution in [0.1, 0.15) is 0 Å². The van der Waals surface area contributed by atoms with Gasteiger partial charge in [-0.3, -0.25) is 0 Å². The number of nitrogen functional groups attached to an aromatic ring is 1. The number of piperazine rings is 1. The van der Waals surface area contributed by atoms with Crippen molar-refractivity contribution in [2.24, 2.45) is 0 Å².